The molecule has 3 rings (SSSR count). The second kappa shape index (κ2) is 7.07. The Morgan fingerprint density at radius 3 is 2.74 bits per heavy atom. The highest BCUT2D eigenvalue weighted by Gasteiger charge is 2.36. The van der Waals surface area contributed by atoms with Gasteiger partial charge in [-0.3, -0.25) is 9.59 Å². The van der Waals surface area contributed by atoms with Gasteiger partial charge < -0.3 is 16.0 Å². The van der Waals surface area contributed by atoms with Crippen molar-refractivity contribution in [2.24, 2.45) is 0 Å². The summed E-state index contributed by atoms with van der Waals surface area (Å²) in [6.45, 7) is 0. The molecule has 2 amide bonds. The number of carbonyl (C=O) groups excluding carboxylic acids is 2. The van der Waals surface area contributed by atoms with E-state index in [9.17, 15) is 9.59 Å². The maximum Gasteiger partial charge on any atom is 0.237 e. The van der Waals surface area contributed by atoms with Gasteiger partial charge >= 0.3 is 0 Å². The maximum atomic E-state index is 12.2. The zero-order chi connectivity index (χ0) is 16.4. The molecule has 5 nitrogen and oxygen atoms in total. The average molecular weight is 356 g/mol. The molecule has 1 aromatic carbocycles. The number of amides is 2. The maximum absolute atomic E-state index is 12.2. The largest absolute Gasteiger partial charge is 0.350 e. The van der Waals surface area contributed by atoms with Crippen LogP contribution in [0.3, 0.4) is 0 Å². The van der Waals surface area contributed by atoms with Gasteiger partial charge in [-0.2, -0.15) is 0 Å². The van der Waals surface area contributed by atoms with E-state index in [0.717, 1.165) is 25.7 Å². The van der Waals surface area contributed by atoms with E-state index in [2.05, 4.69) is 16.0 Å². The first-order valence-electron chi connectivity index (χ1n) is 7.85. The van der Waals surface area contributed by atoms with Crippen molar-refractivity contribution in [3.63, 3.8) is 0 Å². The first-order chi connectivity index (χ1) is 11.0. The third kappa shape index (κ3) is 3.79. The van der Waals surface area contributed by atoms with Gasteiger partial charge in [0.2, 0.25) is 11.8 Å². The van der Waals surface area contributed by atoms with Gasteiger partial charge in [0.25, 0.3) is 0 Å². The predicted octanol–water partition coefficient (Wildman–Crippen LogP) is 2.72. The van der Waals surface area contributed by atoms with Crippen molar-refractivity contribution in [3.8, 4) is 0 Å². The van der Waals surface area contributed by atoms with Gasteiger partial charge in [0.05, 0.1) is 28.2 Å². The normalized spacial score (nSPS) is 27.0. The molecule has 1 aliphatic carbocycles. The van der Waals surface area contributed by atoms with Crippen molar-refractivity contribution in [1.82, 2.24) is 10.6 Å². The monoisotopic (exact) mass is 355 g/mol. The van der Waals surface area contributed by atoms with Gasteiger partial charge in [-0.05, 0) is 25.0 Å². The van der Waals surface area contributed by atoms with Crippen LogP contribution in [0, 0.1) is 0 Å². The minimum Gasteiger partial charge on any atom is -0.350 e. The molecule has 0 radical (unpaired) electrons. The standard InChI is InChI=1S/C16H19Cl2N3O2/c17-9-4-3-7-12(15(9)18)20-14(22)8-13-16(23)21-11-6-2-1-5-10(11)19-13/h3-4,7,10-11,13,19H,1-2,5-6,8H2,(H,20,22)(H,21,23)/t10-,11-,13+/m0/s1. The zero-order valence-corrected chi connectivity index (χ0v) is 14.1. The fourth-order valence-corrected chi connectivity index (χ4v) is 3.61. The predicted molar refractivity (Wildman–Crippen MR) is 90.8 cm³/mol. The van der Waals surface area contributed by atoms with E-state index in [4.69, 9.17) is 23.2 Å². The van der Waals surface area contributed by atoms with E-state index < -0.39 is 6.04 Å². The van der Waals surface area contributed by atoms with Gasteiger partial charge in [0, 0.05) is 12.1 Å². The first-order valence-corrected chi connectivity index (χ1v) is 8.60. The lowest BCUT2D eigenvalue weighted by molar-refractivity contribution is -0.129. The van der Waals surface area contributed by atoms with Crippen LogP contribution in [0.5, 0.6) is 0 Å². The molecule has 1 aromatic rings. The Bertz CT molecular complexity index is 623. The molecule has 0 aromatic heterocycles. The van der Waals surface area contributed by atoms with Crippen LogP contribution in [0.1, 0.15) is 32.1 Å². The van der Waals surface area contributed by atoms with E-state index in [-0.39, 0.29) is 30.3 Å². The molecular weight excluding hydrogens is 337 g/mol. The molecule has 3 N–H and O–H groups in total. The molecule has 0 bridgehead atoms. The molecule has 2 fully saturated rings. The van der Waals surface area contributed by atoms with E-state index in [1.807, 2.05) is 0 Å². The molecule has 0 unspecified atom stereocenters. The van der Waals surface area contributed by atoms with Crippen LogP contribution < -0.4 is 16.0 Å². The van der Waals surface area contributed by atoms with Crippen molar-refractivity contribution in [2.75, 3.05) is 5.32 Å². The van der Waals surface area contributed by atoms with Crippen molar-refractivity contribution in [3.05, 3.63) is 28.2 Å². The van der Waals surface area contributed by atoms with Crippen molar-refractivity contribution < 1.29 is 9.59 Å². The molecule has 124 valence electrons. The highest BCUT2D eigenvalue weighted by Crippen LogP contribution is 2.29. The number of benzene rings is 1. The number of fused-ring (bicyclic) bond motifs is 1. The summed E-state index contributed by atoms with van der Waals surface area (Å²) in [5, 5.41) is 9.74. The lowest BCUT2D eigenvalue weighted by Crippen LogP contribution is -2.65. The van der Waals surface area contributed by atoms with Crippen LogP contribution in [-0.4, -0.2) is 29.9 Å². The van der Waals surface area contributed by atoms with E-state index in [1.165, 1.54) is 0 Å². The Balaban J connectivity index is 1.61. The Morgan fingerprint density at radius 1 is 1.22 bits per heavy atom. The number of halogens is 2. The Kier molecular flexibility index (Phi) is 5.09. The van der Waals surface area contributed by atoms with Crippen molar-refractivity contribution >= 4 is 40.7 Å². The van der Waals surface area contributed by atoms with E-state index in [0.29, 0.717) is 15.7 Å². The van der Waals surface area contributed by atoms with Crippen molar-refractivity contribution in [2.45, 2.75) is 50.2 Å². The van der Waals surface area contributed by atoms with Gasteiger partial charge in [-0.15, -0.1) is 0 Å². The summed E-state index contributed by atoms with van der Waals surface area (Å²) in [4.78, 5) is 24.4. The van der Waals surface area contributed by atoms with Crippen LogP contribution in [0.4, 0.5) is 5.69 Å². The first kappa shape index (κ1) is 16.6. The van der Waals surface area contributed by atoms with Crippen LogP contribution in [0.25, 0.3) is 0 Å². The highest BCUT2D eigenvalue weighted by molar-refractivity contribution is 6.44. The van der Waals surface area contributed by atoms with Gasteiger partial charge in [0.15, 0.2) is 0 Å². The minimum atomic E-state index is -0.507. The Morgan fingerprint density at radius 2 is 1.96 bits per heavy atom. The van der Waals surface area contributed by atoms with Gasteiger partial charge in [-0.25, -0.2) is 0 Å². The molecule has 7 heteroatoms. The van der Waals surface area contributed by atoms with Crippen molar-refractivity contribution in [1.29, 1.82) is 0 Å². The minimum absolute atomic E-state index is 0.0674. The molecule has 1 saturated carbocycles. The quantitative estimate of drug-likeness (QED) is 0.780. The zero-order valence-electron chi connectivity index (χ0n) is 12.6. The number of hydrogen-bond donors (Lipinski definition) is 3. The highest BCUT2D eigenvalue weighted by atomic mass is 35.5. The molecule has 2 aliphatic rings. The number of hydrogen-bond acceptors (Lipinski definition) is 3. The summed E-state index contributed by atoms with van der Waals surface area (Å²) in [6.07, 6.45) is 4.39. The summed E-state index contributed by atoms with van der Waals surface area (Å²) < 4.78 is 0. The number of carbonyl (C=O) groups is 2. The number of rotatable bonds is 3. The summed E-state index contributed by atoms with van der Waals surface area (Å²) in [7, 11) is 0. The SMILES string of the molecule is O=C(C[C@H]1N[C@H]2CCCC[C@@H]2NC1=O)Nc1cccc(Cl)c1Cl. The van der Waals surface area contributed by atoms with E-state index >= 15 is 0 Å². The number of nitrogens with one attached hydrogen (secondary N) is 3. The summed E-state index contributed by atoms with van der Waals surface area (Å²) >= 11 is 12.0. The van der Waals surface area contributed by atoms with Crippen LogP contribution in [-0.2, 0) is 9.59 Å². The number of anilines is 1. The van der Waals surface area contributed by atoms with Crippen LogP contribution in [0.2, 0.25) is 10.0 Å². The molecular formula is C16H19Cl2N3O2. The fourth-order valence-electron chi connectivity index (χ4n) is 3.26. The second-order valence-corrected chi connectivity index (χ2v) is 6.86. The topological polar surface area (TPSA) is 70.2 Å². The van der Waals surface area contributed by atoms with Crippen LogP contribution in [0.15, 0.2) is 18.2 Å². The second-order valence-electron chi connectivity index (χ2n) is 6.08. The van der Waals surface area contributed by atoms with Crippen LogP contribution >= 0.6 is 23.2 Å². The third-order valence-electron chi connectivity index (χ3n) is 4.44. The summed E-state index contributed by atoms with van der Waals surface area (Å²) in [6, 6.07) is 4.98. The molecule has 0 spiro atoms. The molecule has 1 heterocycles. The molecule has 1 aliphatic heterocycles. The summed E-state index contributed by atoms with van der Waals surface area (Å²) in [5.74, 6) is -0.378. The lowest BCUT2D eigenvalue weighted by atomic mass is 9.87. The molecule has 1 saturated heterocycles. The fraction of sp³-hybridized carbons (Fsp3) is 0.500. The molecule has 23 heavy (non-hydrogen) atoms. The average Bonchev–Trinajstić information content (AvgIpc) is 2.52. The van der Waals surface area contributed by atoms with Gasteiger partial charge in [-0.1, -0.05) is 42.1 Å². The van der Waals surface area contributed by atoms with Gasteiger partial charge in [0.1, 0.15) is 0 Å². The number of piperazine rings is 1. The Hall–Kier alpha value is -1.30. The smallest absolute Gasteiger partial charge is 0.237 e. The van der Waals surface area contributed by atoms with E-state index in [1.54, 1.807) is 18.2 Å². The lowest BCUT2D eigenvalue weighted by Gasteiger charge is -2.40. The Labute approximate surface area is 145 Å². The third-order valence-corrected chi connectivity index (χ3v) is 5.26. The summed E-state index contributed by atoms with van der Waals surface area (Å²) in [5.41, 5.74) is 0.455. The molecule has 3 atom stereocenters.